The van der Waals surface area contributed by atoms with Crippen molar-refractivity contribution in [1.29, 1.82) is 0 Å². The van der Waals surface area contributed by atoms with Crippen molar-refractivity contribution in [3.8, 4) is 5.75 Å². The summed E-state index contributed by atoms with van der Waals surface area (Å²) in [7, 11) is 0. The van der Waals surface area contributed by atoms with Crippen LogP contribution in [0.3, 0.4) is 0 Å². The fourth-order valence-electron chi connectivity index (χ4n) is 2.82. The predicted molar refractivity (Wildman–Crippen MR) is 112 cm³/mol. The maximum atomic E-state index is 10.1. The van der Waals surface area contributed by atoms with Gasteiger partial charge in [-0.1, -0.05) is 30.3 Å². The summed E-state index contributed by atoms with van der Waals surface area (Å²) in [6.45, 7) is 4.31. The lowest BCUT2D eigenvalue weighted by Gasteiger charge is -2.13. The first-order valence-electron chi connectivity index (χ1n) is 9.61. The molecule has 1 aromatic heterocycles. The molecule has 148 valence electrons. The van der Waals surface area contributed by atoms with Crippen LogP contribution in [0.2, 0.25) is 0 Å². The normalized spacial score (nSPS) is 12.7. The number of hydrogen-bond acceptors (Lipinski definition) is 4. The molecule has 1 heterocycles. The van der Waals surface area contributed by atoms with Crippen LogP contribution in [0, 0.1) is 0 Å². The fraction of sp³-hybridized carbons (Fsp3) is 0.318. The molecular formula is C22H27N3O3. The van der Waals surface area contributed by atoms with Gasteiger partial charge in [0.15, 0.2) is 5.96 Å². The Bertz CT molecular complexity index is 878. The molecule has 1 unspecified atom stereocenters. The average Bonchev–Trinajstić information content (AvgIpc) is 3.26. The third kappa shape index (κ3) is 5.76. The van der Waals surface area contributed by atoms with Crippen LogP contribution in [0.15, 0.2) is 70.3 Å². The van der Waals surface area contributed by atoms with E-state index in [-0.39, 0.29) is 6.54 Å². The fourth-order valence-corrected chi connectivity index (χ4v) is 2.82. The first-order chi connectivity index (χ1) is 13.8. The number of guanidine groups is 1. The van der Waals surface area contributed by atoms with Gasteiger partial charge in [-0.3, -0.25) is 4.99 Å². The van der Waals surface area contributed by atoms with E-state index in [0.29, 0.717) is 18.3 Å². The summed E-state index contributed by atoms with van der Waals surface area (Å²) in [5.41, 5.74) is 0. The Balaban J connectivity index is 1.41. The number of fused-ring (bicyclic) bond motifs is 1. The van der Waals surface area contributed by atoms with E-state index in [1.807, 2.05) is 25.1 Å². The number of benzene rings is 2. The van der Waals surface area contributed by atoms with Gasteiger partial charge in [0.05, 0.1) is 19.4 Å². The van der Waals surface area contributed by atoms with Crippen LogP contribution < -0.4 is 15.4 Å². The monoisotopic (exact) mass is 381 g/mol. The van der Waals surface area contributed by atoms with Crippen LogP contribution in [-0.2, 0) is 0 Å². The second-order valence-electron chi connectivity index (χ2n) is 6.39. The molecule has 28 heavy (non-hydrogen) atoms. The summed E-state index contributed by atoms with van der Waals surface area (Å²) < 4.78 is 11.0. The van der Waals surface area contributed by atoms with E-state index in [1.165, 1.54) is 10.8 Å². The number of hydrogen-bond donors (Lipinski definition) is 3. The molecule has 3 rings (SSSR count). The summed E-state index contributed by atoms with van der Waals surface area (Å²) in [5.74, 6) is 2.06. The lowest BCUT2D eigenvalue weighted by atomic mass is 10.1. The van der Waals surface area contributed by atoms with Gasteiger partial charge in [-0.15, -0.1) is 0 Å². The van der Waals surface area contributed by atoms with Crippen LogP contribution in [0.25, 0.3) is 10.8 Å². The Morgan fingerprint density at radius 2 is 1.96 bits per heavy atom. The van der Waals surface area contributed by atoms with Gasteiger partial charge in [0.2, 0.25) is 0 Å². The van der Waals surface area contributed by atoms with Crippen molar-refractivity contribution in [1.82, 2.24) is 10.6 Å². The highest BCUT2D eigenvalue weighted by atomic mass is 16.5. The lowest BCUT2D eigenvalue weighted by molar-refractivity contribution is 0.158. The van der Waals surface area contributed by atoms with Crippen molar-refractivity contribution in [3.63, 3.8) is 0 Å². The van der Waals surface area contributed by atoms with Crippen LogP contribution in [0.1, 0.15) is 25.2 Å². The summed E-state index contributed by atoms with van der Waals surface area (Å²) in [4.78, 5) is 4.40. The van der Waals surface area contributed by atoms with Gasteiger partial charge in [-0.2, -0.15) is 0 Å². The molecule has 0 aliphatic carbocycles. The lowest BCUT2D eigenvalue weighted by Crippen LogP contribution is -2.38. The average molecular weight is 381 g/mol. The number of aliphatic hydroxyl groups is 1. The summed E-state index contributed by atoms with van der Waals surface area (Å²) in [6.07, 6.45) is 1.63. The highest BCUT2D eigenvalue weighted by Crippen LogP contribution is 2.20. The molecule has 3 N–H and O–H groups in total. The van der Waals surface area contributed by atoms with E-state index in [1.54, 1.807) is 18.4 Å². The van der Waals surface area contributed by atoms with Crippen molar-refractivity contribution in [2.75, 3.05) is 26.2 Å². The number of ether oxygens (including phenoxy) is 1. The number of nitrogens with zero attached hydrogens (tertiary/aromatic N) is 1. The molecule has 0 spiro atoms. The molecule has 3 aromatic rings. The second kappa shape index (κ2) is 10.4. The van der Waals surface area contributed by atoms with Crippen LogP contribution in [0.5, 0.6) is 5.75 Å². The van der Waals surface area contributed by atoms with E-state index in [0.717, 1.165) is 25.3 Å². The quantitative estimate of drug-likeness (QED) is 0.300. The topological polar surface area (TPSA) is 79.0 Å². The summed E-state index contributed by atoms with van der Waals surface area (Å²) >= 11 is 0. The van der Waals surface area contributed by atoms with E-state index >= 15 is 0 Å². The molecule has 6 nitrogen and oxygen atoms in total. The molecule has 6 heteroatoms. The molecule has 0 aliphatic heterocycles. The number of nitrogens with one attached hydrogen (secondary N) is 2. The molecule has 0 saturated carbocycles. The molecule has 0 radical (unpaired) electrons. The van der Waals surface area contributed by atoms with Crippen molar-refractivity contribution >= 4 is 16.7 Å². The van der Waals surface area contributed by atoms with E-state index < -0.39 is 6.10 Å². The Labute approximate surface area is 165 Å². The molecule has 0 fully saturated rings. The molecule has 2 aromatic carbocycles. The standard InChI is InChI=1S/C22H27N3O3/c1-2-23-22(25-16-20(26)21-9-5-13-28-21)24-12-6-14-27-19-11-10-17-7-3-4-8-18(17)15-19/h3-5,7-11,13,15,20,26H,2,6,12,14,16H2,1H3,(H2,23,24,25). The van der Waals surface area contributed by atoms with Crippen molar-refractivity contribution in [2.24, 2.45) is 4.99 Å². The maximum Gasteiger partial charge on any atom is 0.191 e. The molecular weight excluding hydrogens is 354 g/mol. The maximum absolute atomic E-state index is 10.1. The zero-order valence-electron chi connectivity index (χ0n) is 16.1. The first kappa shape index (κ1) is 19.8. The number of furan rings is 1. The smallest absolute Gasteiger partial charge is 0.191 e. The predicted octanol–water partition coefficient (Wildman–Crippen LogP) is 3.49. The van der Waals surface area contributed by atoms with Crippen LogP contribution >= 0.6 is 0 Å². The first-order valence-corrected chi connectivity index (χ1v) is 9.61. The largest absolute Gasteiger partial charge is 0.494 e. The highest BCUT2D eigenvalue weighted by molar-refractivity contribution is 5.83. The minimum Gasteiger partial charge on any atom is -0.494 e. The van der Waals surface area contributed by atoms with Gasteiger partial charge in [0.1, 0.15) is 17.6 Å². The van der Waals surface area contributed by atoms with E-state index in [4.69, 9.17) is 9.15 Å². The van der Waals surface area contributed by atoms with Crippen molar-refractivity contribution < 1.29 is 14.3 Å². The van der Waals surface area contributed by atoms with Gasteiger partial charge >= 0.3 is 0 Å². The Morgan fingerprint density at radius 1 is 1.11 bits per heavy atom. The molecule has 0 aliphatic rings. The molecule has 0 bridgehead atoms. The van der Waals surface area contributed by atoms with Crippen LogP contribution in [-0.4, -0.2) is 37.3 Å². The highest BCUT2D eigenvalue weighted by Gasteiger charge is 2.09. The third-order valence-corrected chi connectivity index (χ3v) is 4.24. The Kier molecular flexibility index (Phi) is 7.32. The third-order valence-electron chi connectivity index (χ3n) is 4.24. The van der Waals surface area contributed by atoms with Gasteiger partial charge < -0.3 is 24.9 Å². The number of aliphatic imine (C=N–C) groups is 1. The van der Waals surface area contributed by atoms with Crippen molar-refractivity contribution in [3.05, 3.63) is 66.6 Å². The van der Waals surface area contributed by atoms with Gasteiger partial charge in [0, 0.05) is 13.1 Å². The van der Waals surface area contributed by atoms with Gasteiger partial charge in [-0.05, 0) is 48.4 Å². The van der Waals surface area contributed by atoms with E-state index in [2.05, 4.69) is 39.9 Å². The number of aliphatic hydroxyl groups excluding tert-OH is 1. The van der Waals surface area contributed by atoms with Gasteiger partial charge in [0.25, 0.3) is 0 Å². The second-order valence-corrected chi connectivity index (χ2v) is 6.39. The minimum absolute atomic E-state index is 0.233. The van der Waals surface area contributed by atoms with Crippen molar-refractivity contribution in [2.45, 2.75) is 19.4 Å². The molecule has 0 amide bonds. The minimum atomic E-state index is -0.748. The zero-order chi connectivity index (χ0) is 19.6. The molecule has 1 atom stereocenters. The summed E-state index contributed by atoms with van der Waals surface area (Å²) in [6, 6.07) is 17.9. The van der Waals surface area contributed by atoms with Gasteiger partial charge in [-0.25, -0.2) is 0 Å². The number of rotatable bonds is 9. The Morgan fingerprint density at radius 3 is 2.75 bits per heavy atom. The SMILES string of the molecule is CCNC(=NCC(O)c1ccco1)NCCCOc1ccc2ccccc2c1. The zero-order valence-corrected chi connectivity index (χ0v) is 16.1. The Hall–Kier alpha value is -2.99. The summed E-state index contributed by atoms with van der Waals surface area (Å²) in [5, 5.41) is 18.9. The molecule has 0 saturated heterocycles. The van der Waals surface area contributed by atoms with E-state index in [9.17, 15) is 5.11 Å². The van der Waals surface area contributed by atoms with Crippen LogP contribution in [0.4, 0.5) is 0 Å².